The summed E-state index contributed by atoms with van der Waals surface area (Å²) in [7, 11) is 0. The van der Waals surface area contributed by atoms with Gasteiger partial charge >= 0.3 is 5.97 Å². The minimum absolute atomic E-state index is 0.191. The van der Waals surface area contributed by atoms with Gasteiger partial charge in [0.05, 0.1) is 5.41 Å². The average molecular weight is 295 g/mol. The molecule has 1 N–H and O–H groups in total. The quantitative estimate of drug-likeness (QED) is 0.808. The van der Waals surface area contributed by atoms with Crippen LogP contribution < -0.4 is 0 Å². The number of hydrogen-bond acceptors (Lipinski definition) is 2. The summed E-state index contributed by atoms with van der Waals surface area (Å²) in [5.41, 5.74) is -0.588. The lowest BCUT2D eigenvalue weighted by Crippen LogP contribution is -2.48. The first-order valence-electron chi connectivity index (χ1n) is 8.61. The first-order chi connectivity index (χ1) is 10.1. The lowest BCUT2D eigenvalue weighted by Gasteiger charge is -2.40. The third-order valence-corrected chi connectivity index (χ3v) is 5.42. The molecule has 2 rings (SSSR count). The highest BCUT2D eigenvalue weighted by Gasteiger charge is 2.42. The average Bonchev–Trinajstić information content (AvgIpc) is 2.76. The fourth-order valence-corrected chi connectivity index (χ4v) is 3.99. The third kappa shape index (κ3) is 3.78. The van der Waals surface area contributed by atoms with Gasteiger partial charge in [-0.3, -0.25) is 9.59 Å². The molecule has 1 aliphatic carbocycles. The first kappa shape index (κ1) is 16.3. The Kier molecular flexibility index (Phi) is 5.65. The maximum atomic E-state index is 12.6. The van der Waals surface area contributed by atoms with Crippen LogP contribution >= 0.6 is 0 Å². The molecule has 1 amide bonds. The number of carboxylic acid groups (broad SMARTS) is 1. The summed E-state index contributed by atoms with van der Waals surface area (Å²) in [6.45, 7) is 3.29. The predicted octanol–water partition coefficient (Wildman–Crippen LogP) is 3.45. The van der Waals surface area contributed by atoms with Crippen molar-refractivity contribution in [3.63, 3.8) is 0 Å². The standard InChI is InChI=1S/C17H29NO3/c1-2-9-17(16(20)21)10-12-18(13-11-17)15(19)14-7-5-3-4-6-8-14/h14H,2-13H2,1H3,(H,20,21). The smallest absolute Gasteiger partial charge is 0.309 e. The number of hydrogen-bond donors (Lipinski definition) is 1. The van der Waals surface area contributed by atoms with Crippen molar-refractivity contribution in [3.8, 4) is 0 Å². The van der Waals surface area contributed by atoms with Crippen molar-refractivity contribution in [2.24, 2.45) is 11.3 Å². The molecule has 4 heteroatoms. The zero-order valence-electron chi connectivity index (χ0n) is 13.3. The highest BCUT2D eigenvalue weighted by atomic mass is 16.4. The van der Waals surface area contributed by atoms with Crippen LogP contribution in [0, 0.1) is 11.3 Å². The molecule has 1 heterocycles. The van der Waals surface area contributed by atoms with E-state index in [0.29, 0.717) is 25.9 Å². The fourth-order valence-electron chi connectivity index (χ4n) is 3.99. The van der Waals surface area contributed by atoms with Crippen molar-refractivity contribution in [1.29, 1.82) is 0 Å². The summed E-state index contributed by atoms with van der Waals surface area (Å²) in [4.78, 5) is 26.1. The lowest BCUT2D eigenvalue weighted by molar-refractivity contribution is -0.155. The molecule has 1 saturated heterocycles. The van der Waals surface area contributed by atoms with Crippen LogP contribution in [0.5, 0.6) is 0 Å². The molecule has 0 aromatic heterocycles. The van der Waals surface area contributed by atoms with Crippen molar-refractivity contribution in [2.75, 3.05) is 13.1 Å². The molecule has 0 aromatic rings. The Bertz CT molecular complexity index is 364. The lowest BCUT2D eigenvalue weighted by atomic mass is 9.75. The molecule has 0 aromatic carbocycles. The summed E-state index contributed by atoms with van der Waals surface area (Å²) < 4.78 is 0. The molecule has 1 aliphatic heterocycles. The van der Waals surface area contributed by atoms with Crippen LogP contribution in [0.15, 0.2) is 0 Å². The van der Waals surface area contributed by atoms with Crippen molar-refractivity contribution >= 4 is 11.9 Å². The molecule has 0 bridgehead atoms. The van der Waals surface area contributed by atoms with Gasteiger partial charge in [0.2, 0.25) is 5.91 Å². The molecule has 21 heavy (non-hydrogen) atoms. The monoisotopic (exact) mass is 295 g/mol. The number of piperidine rings is 1. The zero-order chi connectivity index (χ0) is 15.3. The van der Waals surface area contributed by atoms with Gasteiger partial charge in [0, 0.05) is 19.0 Å². The molecule has 2 aliphatic rings. The van der Waals surface area contributed by atoms with Gasteiger partial charge in [-0.1, -0.05) is 39.0 Å². The van der Waals surface area contributed by atoms with E-state index in [-0.39, 0.29) is 11.8 Å². The molecule has 1 saturated carbocycles. The molecule has 120 valence electrons. The van der Waals surface area contributed by atoms with Crippen LogP contribution in [0.25, 0.3) is 0 Å². The number of carbonyl (C=O) groups excluding carboxylic acids is 1. The minimum Gasteiger partial charge on any atom is -0.481 e. The van der Waals surface area contributed by atoms with Crippen LogP contribution in [0.2, 0.25) is 0 Å². The first-order valence-corrected chi connectivity index (χ1v) is 8.61. The predicted molar refractivity (Wildman–Crippen MR) is 82.0 cm³/mol. The van der Waals surface area contributed by atoms with Gasteiger partial charge in [-0.2, -0.15) is 0 Å². The molecule has 0 unspecified atom stereocenters. The van der Waals surface area contributed by atoms with Gasteiger partial charge in [0.25, 0.3) is 0 Å². The van der Waals surface area contributed by atoms with E-state index < -0.39 is 11.4 Å². The van der Waals surface area contributed by atoms with Crippen LogP contribution in [0.4, 0.5) is 0 Å². The van der Waals surface area contributed by atoms with E-state index in [1.54, 1.807) is 0 Å². The Balaban J connectivity index is 1.93. The SMILES string of the molecule is CCCC1(C(=O)O)CCN(C(=O)C2CCCCCC2)CC1. The van der Waals surface area contributed by atoms with E-state index in [1.807, 2.05) is 11.8 Å². The fraction of sp³-hybridized carbons (Fsp3) is 0.882. The van der Waals surface area contributed by atoms with E-state index in [2.05, 4.69) is 0 Å². The number of likely N-dealkylation sites (tertiary alicyclic amines) is 1. The molecular formula is C17H29NO3. The maximum Gasteiger partial charge on any atom is 0.309 e. The van der Waals surface area contributed by atoms with Gasteiger partial charge in [-0.05, 0) is 32.1 Å². The topological polar surface area (TPSA) is 57.6 Å². The normalized spacial score (nSPS) is 23.6. The maximum absolute atomic E-state index is 12.6. The van der Waals surface area contributed by atoms with E-state index >= 15 is 0 Å². The summed E-state index contributed by atoms with van der Waals surface area (Å²) in [5.74, 6) is -0.200. The molecule has 0 spiro atoms. The molecule has 0 radical (unpaired) electrons. The summed E-state index contributed by atoms with van der Waals surface area (Å²) >= 11 is 0. The van der Waals surface area contributed by atoms with E-state index in [0.717, 1.165) is 25.7 Å². The van der Waals surface area contributed by atoms with Crippen molar-refractivity contribution in [1.82, 2.24) is 4.90 Å². The van der Waals surface area contributed by atoms with E-state index in [1.165, 1.54) is 25.7 Å². The highest BCUT2D eigenvalue weighted by molar-refractivity contribution is 5.80. The number of nitrogens with zero attached hydrogens (tertiary/aromatic N) is 1. The highest BCUT2D eigenvalue weighted by Crippen LogP contribution is 2.37. The Hall–Kier alpha value is -1.06. The van der Waals surface area contributed by atoms with Crippen LogP contribution in [0.1, 0.15) is 71.1 Å². The van der Waals surface area contributed by atoms with Crippen molar-refractivity contribution in [2.45, 2.75) is 71.1 Å². The molecule has 2 fully saturated rings. The number of aliphatic carboxylic acids is 1. The Morgan fingerprint density at radius 3 is 2.14 bits per heavy atom. The van der Waals surface area contributed by atoms with Crippen molar-refractivity contribution < 1.29 is 14.7 Å². The van der Waals surface area contributed by atoms with Gasteiger partial charge in [0.1, 0.15) is 0 Å². The molecule has 4 nitrogen and oxygen atoms in total. The second-order valence-electron chi connectivity index (χ2n) is 6.85. The van der Waals surface area contributed by atoms with Gasteiger partial charge in [-0.15, -0.1) is 0 Å². The second-order valence-corrected chi connectivity index (χ2v) is 6.85. The van der Waals surface area contributed by atoms with Crippen LogP contribution in [0.3, 0.4) is 0 Å². The van der Waals surface area contributed by atoms with Gasteiger partial charge in [-0.25, -0.2) is 0 Å². The zero-order valence-corrected chi connectivity index (χ0v) is 13.3. The Labute approximate surface area is 127 Å². The van der Waals surface area contributed by atoms with Crippen LogP contribution in [-0.2, 0) is 9.59 Å². The molecule has 0 atom stereocenters. The largest absolute Gasteiger partial charge is 0.481 e. The van der Waals surface area contributed by atoms with E-state index in [9.17, 15) is 14.7 Å². The van der Waals surface area contributed by atoms with E-state index in [4.69, 9.17) is 0 Å². The number of amides is 1. The minimum atomic E-state index is -0.675. The third-order valence-electron chi connectivity index (χ3n) is 5.42. The summed E-state index contributed by atoms with van der Waals surface area (Å²) in [6.07, 6.45) is 9.74. The number of carbonyl (C=O) groups is 2. The molecular weight excluding hydrogens is 266 g/mol. The van der Waals surface area contributed by atoms with Crippen LogP contribution in [-0.4, -0.2) is 35.0 Å². The van der Waals surface area contributed by atoms with Gasteiger partial charge in [0.15, 0.2) is 0 Å². The second kappa shape index (κ2) is 7.28. The Morgan fingerprint density at radius 1 is 1.10 bits per heavy atom. The number of carboxylic acids is 1. The van der Waals surface area contributed by atoms with Gasteiger partial charge < -0.3 is 10.0 Å². The summed E-state index contributed by atoms with van der Waals surface area (Å²) in [5, 5.41) is 9.53. The van der Waals surface area contributed by atoms with Crippen molar-refractivity contribution in [3.05, 3.63) is 0 Å². The summed E-state index contributed by atoms with van der Waals surface area (Å²) in [6, 6.07) is 0. The number of rotatable bonds is 4. The Morgan fingerprint density at radius 2 is 1.67 bits per heavy atom.